The van der Waals surface area contributed by atoms with Gasteiger partial charge in [-0.05, 0) is 50.7 Å². The molecule has 168 valence electrons. The van der Waals surface area contributed by atoms with Crippen LogP contribution < -0.4 is 25.7 Å². The first-order chi connectivity index (χ1) is 15.2. The highest BCUT2D eigenvalue weighted by atomic mass is 32.2. The summed E-state index contributed by atoms with van der Waals surface area (Å²) < 4.78 is 26.4. The fraction of sp³-hybridized carbons (Fsp3) is 0.190. The fourth-order valence-electron chi connectivity index (χ4n) is 2.89. The van der Waals surface area contributed by atoms with Gasteiger partial charge in [-0.15, -0.1) is 0 Å². The summed E-state index contributed by atoms with van der Waals surface area (Å²) in [6.45, 7) is 5.16. The van der Waals surface area contributed by atoms with Crippen molar-refractivity contribution in [1.82, 2.24) is 20.2 Å². The summed E-state index contributed by atoms with van der Waals surface area (Å²) in [5.74, 6) is 1.19. The molecule has 2 aromatic carbocycles. The van der Waals surface area contributed by atoms with Crippen LogP contribution in [0.2, 0.25) is 0 Å². The minimum absolute atomic E-state index is 0.139. The number of sulfonamides is 1. The van der Waals surface area contributed by atoms with Gasteiger partial charge >= 0.3 is 0 Å². The average Bonchev–Trinajstić information content (AvgIpc) is 2.76. The van der Waals surface area contributed by atoms with Crippen molar-refractivity contribution in [2.45, 2.75) is 25.7 Å². The predicted molar refractivity (Wildman–Crippen MR) is 122 cm³/mol. The Kier molecular flexibility index (Phi) is 6.91. The summed E-state index contributed by atoms with van der Waals surface area (Å²) in [5, 5.41) is 6.33. The van der Waals surface area contributed by atoms with Crippen molar-refractivity contribution in [3.63, 3.8) is 0 Å². The lowest BCUT2D eigenvalue weighted by Gasteiger charge is -2.16. The third-order valence-electron chi connectivity index (χ3n) is 4.53. The molecule has 0 fully saturated rings. The summed E-state index contributed by atoms with van der Waals surface area (Å²) >= 11 is 0. The van der Waals surface area contributed by atoms with Gasteiger partial charge in [0.25, 0.3) is 0 Å². The molecule has 3 rings (SSSR count). The highest BCUT2D eigenvalue weighted by Gasteiger charge is 2.13. The van der Waals surface area contributed by atoms with Crippen molar-refractivity contribution >= 4 is 38.9 Å². The van der Waals surface area contributed by atoms with Gasteiger partial charge in [0.2, 0.25) is 15.9 Å². The second kappa shape index (κ2) is 9.62. The molecule has 10 nitrogen and oxygen atoms in total. The molecule has 0 aliphatic heterocycles. The number of rotatable bonds is 8. The lowest BCUT2D eigenvalue weighted by Crippen LogP contribution is -2.24. The zero-order valence-electron chi connectivity index (χ0n) is 18.1. The van der Waals surface area contributed by atoms with Gasteiger partial charge in [0.05, 0.1) is 4.90 Å². The van der Waals surface area contributed by atoms with Crippen molar-refractivity contribution in [2.75, 3.05) is 17.7 Å². The first-order valence-electron chi connectivity index (χ1n) is 9.63. The molecule has 1 amide bonds. The fourth-order valence-corrected chi connectivity index (χ4v) is 3.66. The Morgan fingerprint density at radius 3 is 2.41 bits per heavy atom. The third-order valence-corrected chi connectivity index (χ3v) is 5.95. The number of nitrogens with zero attached hydrogens (tertiary/aromatic N) is 2. The third kappa shape index (κ3) is 5.50. The van der Waals surface area contributed by atoms with E-state index in [-0.39, 0.29) is 10.8 Å². The van der Waals surface area contributed by atoms with E-state index in [1.165, 1.54) is 32.4 Å². The minimum atomic E-state index is -3.56. The lowest BCUT2D eigenvalue weighted by atomic mass is 10.1. The SMILES string of the molecule is CNS(=O)(=O)c1cccc(Nc2cc(Nc3c(C)ccc(ONC(C)=O)c3C)ncn2)c1. The van der Waals surface area contributed by atoms with Gasteiger partial charge in [0.15, 0.2) is 5.75 Å². The molecule has 4 N–H and O–H groups in total. The molecule has 32 heavy (non-hydrogen) atoms. The first kappa shape index (κ1) is 23.0. The number of carbonyl (C=O) groups is 1. The second-order valence-electron chi connectivity index (χ2n) is 6.91. The Balaban J connectivity index is 1.83. The largest absolute Gasteiger partial charge is 0.379 e. The van der Waals surface area contributed by atoms with Crippen molar-refractivity contribution in [3.8, 4) is 5.75 Å². The van der Waals surface area contributed by atoms with Crippen LogP contribution >= 0.6 is 0 Å². The molecule has 1 heterocycles. The normalized spacial score (nSPS) is 11.0. The molecule has 0 atom stereocenters. The predicted octanol–water partition coefficient (Wildman–Crippen LogP) is 2.92. The summed E-state index contributed by atoms with van der Waals surface area (Å²) in [7, 11) is -2.20. The Morgan fingerprint density at radius 1 is 1.00 bits per heavy atom. The summed E-state index contributed by atoms with van der Waals surface area (Å²) in [4.78, 5) is 25.1. The number of aromatic nitrogens is 2. The highest BCUT2D eigenvalue weighted by Crippen LogP contribution is 2.31. The highest BCUT2D eigenvalue weighted by molar-refractivity contribution is 7.89. The zero-order valence-corrected chi connectivity index (χ0v) is 18.9. The van der Waals surface area contributed by atoms with Crippen LogP contribution in [0.3, 0.4) is 0 Å². The molecule has 0 radical (unpaired) electrons. The lowest BCUT2D eigenvalue weighted by molar-refractivity contribution is -0.125. The zero-order chi connectivity index (χ0) is 23.3. The Hall–Kier alpha value is -3.70. The smallest absolute Gasteiger partial charge is 0.249 e. The quantitative estimate of drug-likeness (QED) is 0.380. The van der Waals surface area contributed by atoms with Gasteiger partial charge in [0, 0.05) is 29.9 Å². The van der Waals surface area contributed by atoms with Crippen LogP contribution in [0.25, 0.3) is 0 Å². The van der Waals surface area contributed by atoms with Crippen LogP contribution in [-0.4, -0.2) is 31.3 Å². The molecule has 0 aliphatic rings. The Bertz CT molecular complexity index is 1250. The van der Waals surface area contributed by atoms with Crippen molar-refractivity contribution < 1.29 is 18.0 Å². The van der Waals surface area contributed by atoms with E-state index in [2.05, 4.69) is 30.8 Å². The minimum Gasteiger partial charge on any atom is -0.379 e. The number of hydrogen-bond acceptors (Lipinski definition) is 8. The van der Waals surface area contributed by atoms with Crippen LogP contribution in [0.5, 0.6) is 5.75 Å². The van der Waals surface area contributed by atoms with Gasteiger partial charge in [-0.25, -0.2) is 23.1 Å². The van der Waals surface area contributed by atoms with Gasteiger partial charge in [-0.2, -0.15) is 5.48 Å². The van der Waals surface area contributed by atoms with Crippen molar-refractivity contribution in [3.05, 3.63) is 59.9 Å². The maximum Gasteiger partial charge on any atom is 0.249 e. The molecule has 1 aromatic heterocycles. The van der Waals surface area contributed by atoms with E-state index >= 15 is 0 Å². The number of benzene rings is 2. The molecule has 0 bridgehead atoms. The number of amides is 1. The molecule has 0 saturated heterocycles. The monoisotopic (exact) mass is 456 g/mol. The molecule has 11 heteroatoms. The van der Waals surface area contributed by atoms with Crippen molar-refractivity contribution in [2.24, 2.45) is 0 Å². The van der Waals surface area contributed by atoms with Gasteiger partial charge < -0.3 is 15.5 Å². The summed E-state index contributed by atoms with van der Waals surface area (Å²) in [6, 6.07) is 11.7. The second-order valence-corrected chi connectivity index (χ2v) is 8.80. The molecular formula is C21H24N6O4S. The summed E-state index contributed by atoms with van der Waals surface area (Å²) in [5.41, 5.74) is 5.40. The van der Waals surface area contributed by atoms with Gasteiger partial charge in [0.1, 0.15) is 18.0 Å². The van der Waals surface area contributed by atoms with Crippen molar-refractivity contribution in [1.29, 1.82) is 0 Å². The number of anilines is 4. The number of hydrogen-bond donors (Lipinski definition) is 4. The van der Waals surface area contributed by atoms with E-state index in [9.17, 15) is 13.2 Å². The average molecular weight is 457 g/mol. The Morgan fingerprint density at radius 2 is 1.72 bits per heavy atom. The maximum atomic E-state index is 12.0. The van der Waals surface area contributed by atoms with E-state index in [0.29, 0.717) is 23.1 Å². The topological polar surface area (TPSA) is 134 Å². The maximum absolute atomic E-state index is 12.0. The Labute approximate surface area is 186 Å². The van der Waals surface area contributed by atoms with Gasteiger partial charge in [-0.3, -0.25) is 4.79 Å². The summed E-state index contributed by atoms with van der Waals surface area (Å²) in [6.07, 6.45) is 1.39. The molecule has 0 aliphatic carbocycles. The molecule has 3 aromatic rings. The van der Waals surface area contributed by atoms with Crippen LogP contribution in [0.15, 0.2) is 53.7 Å². The van der Waals surface area contributed by atoms with E-state index < -0.39 is 10.0 Å². The van der Waals surface area contributed by atoms with Gasteiger partial charge in [-0.1, -0.05) is 12.1 Å². The van der Waals surface area contributed by atoms with Crippen LogP contribution in [0.1, 0.15) is 18.1 Å². The molecular weight excluding hydrogens is 432 g/mol. The number of nitrogens with one attached hydrogen (secondary N) is 4. The molecule has 0 saturated carbocycles. The van der Waals surface area contributed by atoms with Crippen LogP contribution in [0.4, 0.5) is 23.0 Å². The van der Waals surface area contributed by atoms with E-state index in [0.717, 1.165) is 16.8 Å². The number of aryl methyl sites for hydroxylation is 1. The van der Waals surface area contributed by atoms with E-state index in [4.69, 9.17) is 4.84 Å². The molecule has 0 spiro atoms. The number of carbonyl (C=O) groups excluding carboxylic acids is 1. The first-order valence-corrected chi connectivity index (χ1v) is 11.1. The number of hydroxylamine groups is 1. The standard InChI is InChI=1S/C21H24N6O4S/c1-13-8-9-18(31-27-15(3)28)14(2)21(13)26-20-11-19(23-12-24-20)25-16-6-5-7-17(10-16)32(29,30)22-4/h5-12,22H,1-4H3,(H,27,28)(H2,23,24,25,26). The van der Waals surface area contributed by atoms with Crippen LogP contribution in [-0.2, 0) is 14.8 Å². The van der Waals surface area contributed by atoms with E-state index in [1.54, 1.807) is 24.3 Å². The van der Waals surface area contributed by atoms with Crippen LogP contribution in [0, 0.1) is 13.8 Å². The van der Waals surface area contributed by atoms with E-state index in [1.807, 2.05) is 19.9 Å². The molecule has 0 unspecified atom stereocenters.